The van der Waals surface area contributed by atoms with E-state index in [0.29, 0.717) is 11.4 Å². The van der Waals surface area contributed by atoms with E-state index < -0.39 is 27.9 Å². The zero-order valence-electron chi connectivity index (χ0n) is 21.4. The number of Topliss-reactive ketones (excluding diaryl/α,β-unsaturated/α-hetero) is 1. The Morgan fingerprint density at radius 1 is 1.00 bits per heavy atom. The summed E-state index contributed by atoms with van der Waals surface area (Å²) in [6.07, 6.45) is 0. The van der Waals surface area contributed by atoms with E-state index in [2.05, 4.69) is 5.32 Å². The van der Waals surface area contributed by atoms with Crippen LogP contribution in [0.4, 0.5) is 5.69 Å². The third-order valence-corrected chi connectivity index (χ3v) is 8.14. The van der Waals surface area contributed by atoms with E-state index in [9.17, 15) is 23.3 Å². The Hall–Kier alpha value is -4.66. The van der Waals surface area contributed by atoms with E-state index in [1.807, 2.05) is 6.07 Å². The molecule has 0 saturated heterocycles. The predicted octanol–water partition coefficient (Wildman–Crippen LogP) is 3.40. The van der Waals surface area contributed by atoms with Gasteiger partial charge in [-0.1, -0.05) is 30.3 Å². The molecule has 10 nitrogen and oxygen atoms in total. The van der Waals surface area contributed by atoms with Crippen molar-refractivity contribution in [2.24, 2.45) is 5.73 Å². The van der Waals surface area contributed by atoms with E-state index >= 15 is 0 Å². The van der Waals surface area contributed by atoms with Crippen molar-refractivity contribution in [3.63, 3.8) is 0 Å². The van der Waals surface area contributed by atoms with Crippen molar-refractivity contribution in [2.45, 2.75) is 23.9 Å². The number of sulfonamides is 1. The van der Waals surface area contributed by atoms with Gasteiger partial charge in [-0.05, 0) is 42.5 Å². The van der Waals surface area contributed by atoms with E-state index in [-0.39, 0.29) is 38.9 Å². The molecule has 1 amide bonds. The van der Waals surface area contributed by atoms with Gasteiger partial charge in [0.05, 0.1) is 42.5 Å². The number of nitrogens with zero attached hydrogens (tertiary/aromatic N) is 2. The molecule has 3 aromatic rings. The highest BCUT2D eigenvalue weighted by molar-refractivity contribution is 7.89. The zero-order valence-corrected chi connectivity index (χ0v) is 22.2. The first-order chi connectivity index (χ1) is 18.6. The van der Waals surface area contributed by atoms with Gasteiger partial charge in [-0.25, -0.2) is 8.42 Å². The Kier molecular flexibility index (Phi) is 7.71. The van der Waals surface area contributed by atoms with Crippen molar-refractivity contribution in [1.82, 2.24) is 4.31 Å². The minimum absolute atomic E-state index is 0.103. The molecule has 39 heavy (non-hydrogen) atoms. The Bertz CT molecular complexity index is 1600. The fourth-order valence-corrected chi connectivity index (χ4v) is 6.23. The number of ether oxygens (including phenoxy) is 2. The second-order valence-corrected chi connectivity index (χ2v) is 10.5. The molecule has 2 unspecified atom stereocenters. The summed E-state index contributed by atoms with van der Waals surface area (Å²) in [7, 11) is -1.62. The number of ketones is 1. The van der Waals surface area contributed by atoms with Gasteiger partial charge in [0.15, 0.2) is 5.78 Å². The van der Waals surface area contributed by atoms with Crippen molar-refractivity contribution in [1.29, 1.82) is 5.26 Å². The average molecular weight is 547 g/mol. The van der Waals surface area contributed by atoms with Gasteiger partial charge in [0.25, 0.3) is 0 Å². The van der Waals surface area contributed by atoms with Gasteiger partial charge < -0.3 is 20.5 Å². The van der Waals surface area contributed by atoms with E-state index in [0.717, 1.165) is 4.31 Å². The molecule has 1 aliphatic heterocycles. The summed E-state index contributed by atoms with van der Waals surface area (Å²) in [6, 6.07) is 17.6. The molecule has 4 rings (SSSR count). The SMILES string of the molecule is COc1ccc(OC)c(C2C(C#N)=C(N)C(C(=O)c3ccccc3)N2S(=O)(=O)c2ccc(NC(C)=O)cc2)c1. The second-order valence-electron chi connectivity index (χ2n) is 8.66. The highest BCUT2D eigenvalue weighted by atomic mass is 32.2. The lowest BCUT2D eigenvalue weighted by molar-refractivity contribution is -0.114. The maximum atomic E-state index is 14.3. The Morgan fingerprint density at radius 3 is 2.23 bits per heavy atom. The predicted molar refractivity (Wildman–Crippen MR) is 143 cm³/mol. The second kappa shape index (κ2) is 11.0. The molecule has 200 valence electrons. The van der Waals surface area contributed by atoms with Gasteiger partial charge in [-0.3, -0.25) is 9.59 Å². The first kappa shape index (κ1) is 27.4. The van der Waals surface area contributed by atoms with Gasteiger partial charge in [0, 0.05) is 23.7 Å². The maximum Gasteiger partial charge on any atom is 0.245 e. The number of hydrogen-bond acceptors (Lipinski definition) is 8. The van der Waals surface area contributed by atoms with Crippen LogP contribution in [0.1, 0.15) is 28.9 Å². The minimum Gasteiger partial charge on any atom is -0.497 e. The van der Waals surface area contributed by atoms with Crippen LogP contribution < -0.4 is 20.5 Å². The molecular weight excluding hydrogens is 520 g/mol. The molecule has 0 bridgehead atoms. The summed E-state index contributed by atoms with van der Waals surface area (Å²) in [5.41, 5.74) is 7.02. The summed E-state index contributed by atoms with van der Waals surface area (Å²) in [5, 5.41) is 12.8. The number of nitrogens with one attached hydrogen (secondary N) is 1. The van der Waals surface area contributed by atoms with Gasteiger partial charge in [-0.2, -0.15) is 9.57 Å². The van der Waals surface area contributed by atoms with Crippen molar-refractivity contribution in [3.05, 3.63) is 95.2 Å². The lowest BCUT2D eigenvalue weighted by Crippen LogP contribution is -2.45. The smallest absolute Gasteiger partial charge is 0.245 e. The molecule has 2 atom stereocenters. The van der Waals surface area contributed by atoms with E-state index in [4.69, 9.17) is 15.2 Å². The van der Waals surface area contributed by atoms with Crippen LogP contribution in [0.25, 0.3) is 0 Å². The van der Waals surface area contributed by atoms with Crippen molar-refractivity contribution < 1.29 is 27.5 Å². The number of nitriles is 1. The number of methoxy groups -OCH3 is 2. The third kappa shape index (κ3) is 5.07. The molecule has 0 aromatic heterocycles. The average Bonchev–Trinajstić information content (AvgIpc) is 3.25. The van der Waals surface area contributed by atoms with E-state index in [1.165, 1.54) is 45.4 Å². The molecule has 0 radical (unpaired) electrons. The molecule has 1 aliphatic rings. The van der Waals surface area contributed by atoms with Crippen LogP contribution >= 0.6 is 0 Å². The number of carbonyl (C=O) groups is 2. The van der Waals surface area contributed by atoms with Crippen LogP contribution in [0.5, 0.6) is 11.5 Å². The van der Waals surface area contributed by atoms with Crippen LogP contribution in [0.3, 0.4) is 0 Å². The molecule has 3 N–H and O–H groups in total. The lowest BCUT2D eigenvalue weighted by Gasteiger charge is -2.31. The first-order valence-electron chi connectivity index (χ1n) is 11.8. The van der Waals surface area contributed by atoms with Crippen LogP contribution in [0, 0.1) is 11.3 Å². The molecular formula is C28H26N4O6S. The first-order valence-corrected chi connectivity index (χ1v) is 13.2. The van der Waals surface area contributed by atoms with Crippen molar-refractivity contribution >= 4 is 27.4 Å². The molecule has 0 saturated carbocycles. The molecule has 0 aliphatic carbocycles. The Balaban J connectivity index is 1.96. The van der Waals surface area contributed by atoms with Crippen molar-refractivity contribution in [3.8, 4) is 17.6 Å². The number of anilines is 1. The highest BCUT2D eigenvalue weighted by Gasteiger charge is 2.51. The maximum absolute atomic E-state index is 14.3. The van der Waals surface area contributed by atoms with Crippen LogP contribution in [-0.2, 0) is 14.8 Å². The highest BCUT2D eigenvalue weighted by Crippen LogP contribution is 2.47. The molecule has 1 heterocycles. The van der Waals surface area contributed by atoms with Gasteiger partial charge in [-0.15, -0.1) is 0 Å². The van der Waals surface area contributed by atoms with E-state index in [1.54, 1.807) is 48.5 Å². The fourth-order valence-electron chi connectivity index (χ4n) is 4.52. The topological polar surface area (TPSA) is 152 Å². The molecule has 3 aromatic carbocycles. The lowest BCUT2D eigenvalue weighted by atomic mass is 9.99. The summed E-state index contributed by atoms with van der Waals surface area (Å²) >= 11 is 0. The van der Waals surface area contributed by atoms with Gasteiger partial charge >= 0.3 is 0 Å². The molecule has 0 fully saturated rings. The quantitative estimate of drug-likeness (QED) is 0.408. The van der Waals surface area contributed by atoms with Crippen LogP contribution in [0.2, 0.25) is 0 Å². The Morgan fingerprint density at radius 2 is 1.67 bits per heavy atom. The summed E-state index contributed by atoms with van der Waals surface area (Å²) in [5.74, 6) is -0.255. The monoisotopic (exact) mass is 546 g/mol. The number of carbonyl (C=O) groups excluding carboxylic acids is 2. The minimum atomic E-state index is -4.47. The number of hydrogen-bond donors (Lipinski definition) is 2. The summed E-state index contributed by atoms with van der Waals surface area (Å²) in [6.45, 7) is 1.33. The van der Waals surface area contributed by atoms with Crippen LogP contribution in [-0.4, -0.2) is 44.7 Å². The third-order valence-electron chi connectivity index (χ3n) is 6.30. The normalized spacial score (nSPS) is 17.4. The number of nitrogens with two attached hydrogens (primary N) is 1. The number of benzene rings is 3. The fraction of sp³-hybridized carbons (Fsp3) is 0.179. The standard InChI is InChI=1S/C28H26N4O6S/c1-17(33)31-19-9-12-21(13-10-19)39(35,36)32-26(22-15-20(37-2)11-14-24(22)38-3)23(16-29)25(30)27(32)28(34)18-7-5-4-6-8-18/h4-15,26-27H,30H2,1-3H3,(H,31,33). The van der Waals surface area contributed by atoms with Gasteiger partial charge in [0.2, 0.25) is 15.9 Å². The number of rotatable bonds is 8. The largest absolute Gasteiger partial charge is 0.497 e. The zero-order chi connectivity index (χ0) is 28.3. The van der Waals surface area contributed by atoms with Crippen LogP contribution in [0.15, 0.2) is 89.0 Å². The molecule has 0 spiro atoms. The Labute approximate surface area is 226 Å². The summed E-state index contributed by atoms with van der Waals surface area (Å²) < 4.78 is 40.4. The molecule has 11 heteroatoms. The van der Waals surface area contributed by atoms with Gasteiger partial charge in [0.1, 0.15) is 17.5 Å². The summed E-state index contributed by atoms with van der Waals surface area (Å²) in [4.78, 5) is 25.1. The number of amides is 1. The van der Waals surface area contributed by atoms with Crippen molar-refractivity contribution in [2.75, 3.05) is 19.5 Å².